The number of aromatic nitrogens is 3. The van der Waals surface area contributed by atoms with Crippen LogP contribution in [-0.4, -0.2) is 27.2 Å². The van der Waals surface area contributed by atoms with Gasteiger partial charge in [-0.15, -0.1) is 0 Å². The predicted molar refractivity (Wildman–Crippen MR) is 82.0 cm³/mol. The summed E-state index contributed by atoms with van der Waals surface area (Å²) in [5.74, 6) is 0.226. The highest BCUT2D eigenvalue weighted by molar-refractivity contribution is 5.92. The van der Waals surface area contributed by atoms with Crippen LogP contribution in [0.4, 0.5) is 0 Å². The molecule has 0 saturated carbocycles. The second kappa shape index (κ2) is 5.24. The molecule has 1 aliphatic carbocycles. The molecule has 110 valence electrons. The van der Waals surface area contributed by atoms with Gasteiger partial charge in [0.1, 0.15) is 5.69 Å². The van der Waals surface area contributed by atoms with Crippen LogP contribution in [0.2, 0.25) is 0 Å². The van der Waals surface area contributed by atoms with Crippen LogP contribution in [0, 0.1) is 19.8 Å². The Kier molecular flexibility index (Phi) is 3.41. The standard InChI is InChI=1S/C16H20N4O/c1-10-6-13-8-12(4-5-14(13)18-10)9-17-16(21)15-7-11(2)20(3)19-15/h4-7,12,18H,8-9H2,1-3H3,(H,17,21). The zero-order chi connectivity index (χ0) is 15.0. The summed E-state index contributed by atoms with van der Waals surface area (Å²) in [5, 5.41) is 7.17. The van der Waals surface area contributed by atoms with Crippen LogP contribution in [0.5, 0.6) is 0 Å². The molecule has 0 spiro atoms. The van der Waals surface area contributed by atoms with Crippen molar-refractivity contribution in [2.75, 3.05) is 6.54 Å². The fourth-order valence-corrected chi connectivity index (χ4v) is 2.69. The van der Waals surface area contributed by atoms with Crippen molar-refractivity contribution in [3.05, 3.63) is 46.5 Å². The van der Waals surface area contributed by atoms with Crippen molar-refractivity contribution >= 4 is 12.0 Å². The lowest BCUT2D eigenvalue weighted by Crippen LogP contribution is -2.30. The first kappa shape index (κ1) is 13.7. The number of fused-ring (bicyclic) bond motifs is 1. The van der Waals surface area contributed by atoms with Gasteiger partial charge in [-0.1, -0.05) is 6.08 Å². The number of aromatic amines is 1. The molecule has 0 aliphatic heterocycles. The summed E-state index contributed by atoms with van der Waals surface area (Å²) < 4.78 is 1.71. The third-order valence-corrected chi connectivity index (χ3v) is 3.96. The second-order valence-electron chi connectivity index (χ2n) is 5.72. The van der Waals surface area contributed by atoms with Crippen LogP contribution in [0.25, 0.3) is 6.08 Å². The molecule has 5 nitrogen and oxygen atoms in total. The van der Waals surface area contributed by atoms with Crippen LogP contribution >= 0.6 is 0 Å². The largest absolute Gasteiger partial charge is 0.359 e. The lowest BCUT2D eigenvalue weighted by molar-refractivity contribution is 0.0944. The fourth-order valence-electron chi connectivity index (χ4n) is 2.69. The number of carbonyl (C=O) groups excluding carboxylic acids is 1. The Bertz CT molecular complexity index is 688. The minimum Gasteiger partial charge on any atom is -0.359 e. The summed E-state index contributed by atoms with van der Waals surface area (Å²) in [4.78, 5) is 15.4. The molecule has 5 heteroatoms. The van der Waals surface area contributed by atoms with Crippen LogP contribution < -0.4 is 5.32 Å². The highest BCUT2D eigenvalue weighted by Crippen LogP contribution is 2.23. The maximum absolute atomic E-state index is 12.1. The van der Waals surface area contributed by atoms with Crippen molar-refractivity contribution in [2.24, 2.45) is 13.0 Å². The van der Waals surface area contributed by atoms with Crippen molar-refractivity contribution in [3.8, 4) is 0 Å². The minimum absolute atomic E-state index is 0.108. The first-order valence-electron chi connectivity index (χ1n) is 7.18. The van der Waals surface area contributed by atoms with Gasteiger partial charge in [0.25, 0.3) is 5.91 Å². The van der Waals surface area contributed by atoms with Crippen LogP contribution in [0.1, 0.15) is 33.1 Å². The molecule has 1 unspecified atom stereocenters. The molecule has 3 rings (SSSR count). The molecule has 1 amide bonds. The quantitative estimate of drug-likeness (QED) is 0.905. The molecule has 21 heavy (non-hydrogen) atoms. The van der Waals surface area contributed by atoms with Gasteiger partial charge in [0, 0.05) is 30.7 Å². The second-order valence-corrected chi connectivity index (χ2v) is 5.72. The number of amides is 1. The molecule has 0 saturated heterocycles. The van der Waals surface area contributed by atoms with Crippen LogP contribution in [0.15, 0.2) is 18.2 Å². The number of nitrogens with one attached hydrogen (secondary N) is 2. The lowest BCUT2D eigenvalue weighted by Gasteiger charge is -2.17. The van der Waals surface area contributed by atoms with Gasteiger partial charge in [-0.25, -0.2) is 0 Å². The Hall–Kier alpha value is -2.30. The zero-order valence-electron chi connectivity index (χ0n) is 12.6. The smallest absolute Gasteiger partial charge is 0.271 e. The van der Waals surface area contributed by atoms with E-state index in [0.29, 0.717) is 18.2 Å². The van der Waals surface area contributed by atoms with Crippen LogP contribution in [0.3, 0.4) is 0 Å². The van der Waals surface area contributed by atoms with Gasteiger partial charge in [0.2, 0.25) is 0 Å². The summed E-state index contributed by atoms with van der Waals surface area (Å²) in [6, 6.07) is 3.98. The third kappa shape index (κ3) is 2.77. The van der Waals surface area contributed by atoms with Crippen molar-refractivity contribution in [1.82, 2.24) is 20.1 Å². The SMILES string of the molecule is Cc1cc2c([nH]1)C=CC(CNC(=O)c1cc(C)n(C)n1)C2. The summed E-state index contributed by atoms with van der Waals surface area (Å²) in [6.45, 7) is 4.63. The van der Waals surface area contributed by atoms with Gasteiger partial charge in [0.05, 0.1) is 0 Å². The summed E-state index contributed by atoms with van der Waals surface area (Å²) in [5.41, 5.74) is 5.15. The fraction of sp³-hybridized carbons (Fsp3) is 0.375. The topological polar surface area (TPSA) is 62.7 Å². The van der Waals surface area contributed by atoms with Gasteiger partial charge < -0.3 is 10.3 Å². The van der Waals surface area contributed by atoms with Crippen molar-refractivity contribution in [1.29, 1.82) is 0 Å². The van der Waals surface area contributed by atoms with Gasteiger partial charge in [-0.2, -0.15) is 5.10 Å². The highest BCUT2D eigenvalue weighted by Gasteiger charge is 2.17. The average Bonchev–Trinajstić information content (AvgIpc) is 2.98. The molecule has 0 bridgehead atoms. The van der Waals surface area contributed by atoms with E-state index in [1.807, 2.05) is 14.0 Å². The van der Waals surface area contributed by atoms with E-state index in [2.05, 4.69) is 40.5 Å². The molecule has 1 aliphatic rings. The van der Waals surface area contributed by atoms with E-state index in [0.717, 1.165) is 12.1 Å². The first-order valence-corrected chi connectivity index (χ1v) is 7.18. The summed E-state index contributed by atoms with van der Waals surface area (Å²) in [7, 11) is 1.84. The zero-order valence-corrected chi connectivity index (χ0v) is 12.6. The first-order chi connectivity index (χ1) is 10.0. The number of hydrogen-bond donors (Lipinski definition) is 2. The Labute approximate surface area is 124 Å². The predicted octanol–water partition coefficient (Wildman–Crippen LogP) is 1.98. The molecule has 0 fully saturated rings. The van der Waals surface area contributed by atoms with Gasteiger partial charge in [-0.05, 0) is 50.0 Å². The maximum Gasteiger partial charge on any atom is 0.271 e. The lowest BCUT2D eigenvalue weighted by atomic mass is 9.93. The van der Waals surface area contributed by atoms with E-state index in [9.17, 15) is 4.79 Å². The molecular weight excluding hydrogens is 264 g/mol. The molecule has 0 aromatic carbocycles. The van der Waals surface area contributed by atoms with E-state index in [-0.39, 0.29) is 5.91 Å². The number of H-pyrrole nitrogens is 1. The molecule has 2 aromatic heterocycles. The Morgan fingerprint density at radius 2 is 2.29 bits per heavy atom. The Morgan fingerprint density at radius 3 is 3.00 bits per heavy atom. The summed E-state index contributed by atoms with van der Waals surface area (Å²) >= 11 is 0. The molecule has 0 radical (unpaired) electrons. The van der Waals surface area contributed by atoms with Gasteiger partial charge in [-0.3, -0.25) is 9.48 Å². The molecular formula is C16H20N4O. The van der Waals surface area contributed by atoms with Gasteiger partial charge >= 0.3 is 0 Å². The Morgan fingerprint density at radius 1 is 1.48 bits per heavy atom. The normalized spacial score (nSPS) is 16.8. The van der Waals surface area contributed by atoms with Crippen molar-refractivity contribution in [3.63, 3.8) is 0 Å². The molecule has 2 heterocycles. The number of hydrogen-bond acceptors (Lipinski definition) is 2. The van der Waals surface area contributed by atoms with Crippen LogP contribution in [-0.2, 0) is 13.5 Å². The van der Waals surface area contributed by atoms with E-state index in [1.165, 1.54) is 17.0 Å². The monoisotopic (exact) mass is 284 g/mol. The molecule has 1 atom stereocenters. The van der Waals surface area contributed by atoms with E-state index < -0.39 is 0 Å². The van der Waals surface area contributed by atoms with Gasteiger partial charge in [0.15, 0.2) is 0 Å². The minimum atomic E-state index is -0.108. The summed E-state index contributed by atoms with van der Waals surface area (Å²) in [6.07, 6.45) is 5.22. The van der Waals surface area contributed by atoms with Crippen molar-refractivity contribution < 1.29 is 4.79 Å². The number of rotatable bonds is 3. The Balaban J connectivity index is 1.60. The average molecular weight is 284 g/mol. The van der Waals surface area contributed by atoms with E-state index in [4.69, 9.17) is 0 Å². The molecule has 2 aromatic rings. The number of carbonyl (C=O) groups is 1. The van der Waals surface area contributed by atoms with E-state index >= 15 is 0 Å². The number of nitrogens with zero attached hydrogens (tertiary/aromatic N) is 2. The highest BCUT2D eigenvalue weighted by atomic mass is 16.1. The van der Waals surface area contributed by atoms with E-state index in [1.54, 1.807) is 10.7 Å². The third-order valence-electron chi connectivity index (χ3n) is 3.96. The number of aryl methyl sites for hydroxylation is 3. The maximum atomic E-state index is 12.1. The van der Waals surface area contributed by atoms with Crippen molar-refractivity contribution in [2.45, 2.75) is 20.3 Å². The molecule has 2 N–H and O–H groups in total.